The van der Waals surface area contributed by atoms with E-state index in [2.05, 4.69) is 13.0 Å². The highest BCUT2D eigenvalue weighted by Crippen LogP contribution is 2.31. The summed E-state index contributed by atoms with van der Waals surface area (Å²) < 4.78 is 16.2. The Morgan fingerprint density at radius 2 is 1.56 bits per heavy atom. The summed E-state index contributed by atoms with van der Waals surface area (Å²) >= 11 is 0. The number of primary amides is 1. The minimum atomic E-state index is -0.892. The molecule has 184 valence electrons. The first-order valence-electron chi connectivity index (χ1n) is 11.6. The highest BCUT2D eigenvalue weighted by molar-refractivity contribution is 5.75. The largest absolute Gasteiger partial charge is 0.494 e. The summed E-state index contributed by atoms with van der Waals surface area (Å²) in [5.74, 6) is -0.642. The fourth-order valence-corrected chi connectivity index (χ4v) is 3.65. The summed E-state index contributed by atoms with van der Waals surface area (Å²) in [5.41, 5.74) is 7.75. The lowest BCUT2D eigenvalue weighted by Crippen LogP contribution is -2.38. The van der Waals surface area contributed by atoms with Gasteiger partial charge in [-0.2, -0.15) is 0 Å². The maximum atomic E-state index is 11.8. The van der Waals surface area contributed by atoms with Crippen molar-refractivity contribution in [1.29, 1.82) is 0 Å². The van der Waals surface area contributed by atoms with Crippen LogP contribution in [0.2, 0.25) is 0 Å². The quantitative estimate of drug-likeness (QED) is 0.324. The van der Waals surface area contributed by atoms with Gasteiger partial charge in [0.05, 0.1) is 6.61 Å². The van der Waals surface area contributed by atoms with Crippen LogP contribution in [0, 0.1) is 5.41 Å². The van der Waals surface area contributed by atoms with Crippen molar-refractivity contribution in [3.63, 3.8) is 0 Å². The van der Waals surface area contributed by atoms with Crippen molar-refractivity contribution in [1.82, 2.24) is 0 Å². The van der Waals surface area contributed by atoms with E-state index >= 15 is 0 Å². The van der Waals surface area contributed by atoms with E-state index in [0.29, 0.717) is 19.4 Å². The second kappa shape index (κ2) is 13.4. The van der Waals surface area contributed by atoms with Gasteiger partial charge in [-0.15, -0.1) is 0 Å². The minimum absolute atomic E-state index is 0.0578. The van der Waals surface area contributed by atoms with Gasteiger partial charge in [-0.1, -0.05) is 49.7 Å². The number of ether oxygens (including phenoxy) is 3. The molecule has 0 bridgehead atoms. The number of hydrogen-bond donors (Lipinski definition) is 1. The zero-order chi connectivity index (χ0) is 25.0. The van der Waals surface area contributed by atoms with E-state index in [1.54, 1.807) is 0 Å². The number of aryl methyl sites for hydroxylation is 1. The van der Waals surface area contributed by atoms with Gasteiger partial charge >= 0.3 is 11.9 Å². The number of amides is 1. The second-order valence-corrected chi connectivity index (χ2v) is 8.63. The van der Waals surface area contributed by atoms with Crippen LogP contribution in [0.5, 0.6) is 5.75 Å². The van der Waals surface area contributed by atoms with E-state index in [1.165, 1.54) is 13.8 Å². The van der Waals surface area contributed by atoms with E-state index in [9.17, 15) is 14.4 Å². The summed E-state index contributed by atoms with van der Waals surface area (Å²) in [5, 5.41) is 0. The van der Waals surface area contributed by atoms with Gasteiger partial charge in [-0.25, -0.2) is 0 Å². The van der Waals surface area contributed by atoms with Gasteiger partial charge in [0.2, 0.25) is 5.91 Å². The summed E-state index contributed by atoms with van der Waals surface area (Å²) in [6.07, 6.45) is 3.09. The predicted octanol–water partition coefficient (Wildman–Crippen LogP) is 4.45. The van der Waals surface area contributed by atoms with E-state index in [-0.39, 0.29) is 19.6 Å². The van der Waals surface area contributed by atoms with Crippen molar-refractivity contribution in [3.05, 3.63) is 54.1 Å². The predicted molar refractivity (Wildman–Crippen MR) is 130 cm³/mol. The molecule has 0 saturated heterocycles. The van der Waals surface area contributed by atoms with E-state index < -0.39 is 23.3 Å². The average molecular weight is 470 g/mol. The molecule has 0 heterocycles. The lowest BCUT2D eigenvalue weighted by atomic mass is 9.80. The summed E-state index contributed by atoms with van der Waals surface area (Å²) in [6.45, 7) is 5.31. The summed E-state index contributed by atoms with van der Waals surface area (Å²) in [6, 6.07) is 16.1. The summed E-state index contributed by atoms with van der Waals surface area (Å²) in [4.78, 5) is 34.7. The van der Waals surface area contributed by atoms with Crippen LogP contribution in [-0.4, -0.2) is 37.7 Å². The Kier molecular flexibility index (Phi) is 10.6. The lowest BCUT2D eigenvalue weighted by Gasteiger charge is -2.31. The molecule has 2 aromatic carbocycles. The van der Waals surface area contributed by atoms with Crippen molar-refractivity contribution >= 4 is 17.8 Å². The third kappa shape index (κ3) is 9.25. The molecule has 0 fully saturated rings. The molecular weight excluding hydrogens is 434 g/mol. The van der Waals surface area contributed by atoms with Gasteiger partial charge in [0.15, 0.2) is 0 Å². The van der Waals surface area contributed by atoms with Crippen molar-refractivity contribution in [3.8, 4) is 16.9 Å². The maximum Gasteiger partial charge on any atom is 0.302 e. The third-order valence-electron chi connectivity index (χ3n) is 5.54. The van der Waals surface area contributed by atoms with Crippen molar-refractivity contribution in [2.24, 2.45) is 11.1 Å². The Morgan fingerprint density at radius 1 is 0.912 bits per heavy atom. The van der Waals surface area contributed by atoms with E-state index in [0.717, 1.165) is 35.3 Å². The molecule has 0 unspecified atom stereocenters. The van der Waals surface area contributed by atoms with Crippen LogP contribution in [-0.2, 0) is 30.3 Å². The number of carbonyl (C=O) groups excluding carboxylic acids is 3. The van der Waals surface area contributed by atoms with Crippen molar-refractivity contribution < 1.29 is 28.6 Å². The molecule has 0 aromatic heterocycles. The first-order chi connectivity index (χ1) is 16.2. The molecule has 0 spiro atoms. The third-order valence-corrected chi connectivity index (χ3v) is 5.54. The smallest absolute Gasteiger partial charge is 0.302 e. The minimum Gasteiger partial charge on any atom is -0.494 e. The van der Waals surface area contributed by atoms with Crippen LogP contribution >= 0.6 is 0 Å². The number of rotatable bonds is 14. The molecule has 0 aliphatic carbocycles. The zero-order valence-electron chi connectivity index (χ0n) is 20.3. The Balaban J connectivity index is 2.16. The van der Waals surface area contributed by atoms with Crippen LogP contribution in [0.3, 0.4) is 0 Å². The molecule has 2 aromatic rings. The molecule has 7 heteroatoms. The Hall–Kier alpha value is -3.35. The highest BCUT2D eigenvalue weighted by Gasteiger charge is 2.35. The SMILES string of the molecule is CCCCOc1ccc(-c2cccc(CCC(COC(C)=O)(COC(C)=O)CC(N)=O)c2)cc1. The molecule has 0 atom stereocenters. The number of nitrogens with two attached hydrogens (primary N) is 1. The van der Waals surface area contributed by atoms with E-state index in [1.807, 2.05) is 42.5 Å². The highest BCUT2D eigenvalue weighted by atomic mass is 16.5. The van der Waals surface area contributed by atoms with Gasteiger partial charge in [0.25, 0.3) is 0 Å². The molecule has 2 rings (SSSR count). The van der Waals surface area contributed by atoms with Gasteiger partial charge < -0.3 is 19.9 Å². The number of unbranched alkanes of at least 4 members (excludes halogenated alkanes) is 1. The van der Waals surface area contributed by atoms with Crippen LogP contribution in [0.15, 0.2) is 48.5 Å². The monoisotopic (exact) mass is 469 g/mol. The topological polar surface area (TPSA) is 105 Å². The molecule has 0 aliphatic heterocycles. The molecule has 7 nitrogen and oxygen atoms in total. The molecule has 0 aliphatic rings. The first kappa shape index (κ1) is 26.9. The van der Waals surface area contributed by atoms with E-state index in [4.69, 9.17) is 19.9 Å². The fourth-order valence-electron chi connectivity index (χ4n) is 3.65. The maximum absolute atomic E-state index is 11.8. The lowest BCUT2D eigenvalue weighted by molar-refractivity contribution is -0.154. The number of esters is 2. The number of carbonyl (C=O) groups is 3. The molecular formula is C27H35NO6. The molecule has 0 radical (unpaired) electrons. The van der Waals surface area contributed by atoms with Crippen molar-refractivity contribution in [2.75, 3.05) is 19.8 Å². The van der Waals surface area contributed by atoms with Gasteiger partial charge in [0, 0.05) is 25.7 Å². The van der Waals surface area contributed by atoms with Crippen LogP contribution in [0.4, 0.5) is 0 Å². The number of benzene rings is 2. The van der Waals surface area contributed by atoms with Crippen LogP contribution < -0.4 is 10.5 Å². The fraction of sp³-hybridized carbons (Fsp3) is 0.444. The molecule has 0 saturated carbocycles. The normalized spacial score (nSPS) is 11.0. The Labute approximate surface area is 201 Å². The van der Waals surface area contributed by atoms with Gasteiger partial charge in [0.1, 0.15) is 19.0 Å². The zero-order valence-corrected chi connectivity index (χ0v) is 20.3. The first-order valence-corrected chi connectivity index (χ1v) is 11.6. The summed E-state index contributed by atoms with van der Waals surface area (Å²) in [7, 11) is 0. The molecule has 2 N–H and O–H groups in total. The standard InChI is InChI=1S/C27H35NO6/c1-4-5-15-32-25-11-9-23(10-12-25)24-8-6-7-22(16-24)13-14-27(17-26(28)31,18-33-20(2)29)19-34-21(3)30/h6-12,16H,4-5,13-15,17-19H2,1-3H3,(H2,28,31). The van der Waals surface area contributed by atoms with Gasteiger partial charge in [-0.05, 0) is 48.1 Å². The molecule has 1 amide bonds. The van der Waals surface area contributed by atoms with Crippen molar-refractivity contribution in [2.45, 2.75) is 52.9 Å². The molecule has 34 heavy (non-hydrogen) atoms. The van der Waals surface area contributed by atoms with Crippen LogP contribution in [0.25, 0.3) is 11.1 Å². The van der Waals surface area contributed by atoms with Gasteiger partial charge in [-0.3, -0.25) is 14.4 Å². The van der Waals surface area contributed by atoms with Crippen LogP contribution in [0.1, 0.15) is 52.0 Å². The average Bonchev–Trinajstić information content (AvgIpc) is 2.80. The Bertz CT molecular complexity index is 936. The number of hydrogen-bond acceptors (Lipinski definition) is 6. The second-order valence-electron chi connectivity index (χ2n) is 8.63. The Morgan fingerprint density at radius 3 is 2.12 bits per heavy atom.